The topological polar surface area (TPSA) is 90.1 Å². The molecule has 0 spiro atoms. The highest BCUT2D eigenvalue weighted by Crippen LogP contribution is 2.35. The van der Waals surface area contributed by atoms with Gasteiger partial charge in [-0.3, -0.25) is 9.69 Å². The lowest BCUT2D eigenvalue weighted by Crippen LogP contribution is -2.30. The SMILES string of the molecule is COc1ccc(/C=C2\N=C(SCc3nnc(C)o3)N(c3ccc(Cl)c(OC)c3)C2=O)cc1. The highest BCUT2D eigenvalue weighted by molar-refractivity contribution is 8.13. The Hall–Kier alpha value is -3.30. The van der Waals surface area contributed by atoms with Crippen molar-refractivity contribution in [3.8, 4) is 11.5 Å². The molecule has 0 bridgehead atoms. The van der Waals surface area contributed by atoms with Crippen molar-refractivity contribution < 1.29 is 18.7 Å². The van der Waals surface area contributed by atoms with E-state index < -0.39 is 0 Å². The molecule has 8 nitrogen and oxygen atoms in total. The zero-order chi connectivity index (χ0) is 22.7. The van der Waals surface area contributed by atoms with Gasteiger partial charge in [-0.25, -0.2) is 4.99 Å². The van der Waals surface area contributed by atoms with E-state index in [0.717, 1.165) is 11.3 Å². The Morgan fingerprint density at radius 1 is 1.12 bits per heavy atom. The van der Waals surface area contributed by atoms with Gasteiger partial charge in [0.25, 0.3) is 5.91 Å². The van der Waals surface area contributed by atoms with Crippen molar-refractivity contribution in [2.45, 2.75) is 12.7 Å². The van der Waals surface area contributed by atoms with Crippen LogP contribution in [0, 0.1) is 6.92 Å². The number of amides is 1. The van der Waals surface area contributed by atoms with Crippen molar-refractivity contribution in [1.29, 1.82) is 0 Å². The van der Waals surface area contributed by atoms with Crippen molar-refractivity contribution in [2.24, 2.45) is 4.99 Å². The number of methoxy groups -OCH3 is 2. The molecular formula is C22H19ClN4O4S. The average Bonchev–Trinajstić information content (AvgIpc) is 3.36. The van der Waals surface area contributed by atoms with Gasteiger partial charge in [0.1, 0.15) is 17.2 Å². The molecule has 3 aromatic rings. The summed E-state index contributed by atoms with van der Waals surface area (Å²) in [5.41, 5.74) is 1.71. The van der Waals surface area contributed by atoms with E-state index in [-0.39, 0.29) is 5.91 Å². The largest absolute Gasteiger partial charge is 0.497 e. The highest BCUT2D eigenvalue weighted by atomic mass is 35.5. The van der Waals surface area contributed by atoms with Gasteiger partial charge in [-0.2, -0.15) is 0 Å². The first kappa shape index (κ1) is 21.9. The second kappa shape index (κ2) is 9.46. The fraction of sp³-hybridized carbons (Fsp3) is 0.182. The minimum Gasteiger partial charge on any atom is -0.497 e. The van der Waals surface area contributed by atoms with Crippen LogP contribution in [-0.4, -0.2) is 35.5 Å². The molecule has 0 saturated heterocycles. The molecule has 1 aliphatic heterocycles. The first-order chi connectivity index (χ1) is 15.5. The minimum atomic E-state index is -0.269. The molecule has 164 valence electrons. The molecule has 2 heterocycles. The van der Waals surface area contributed by atoms with E-state index in [2.05, 4.69) is 15.2 Å². The van der Waals surface area contributed by atoms with Crippen LogP contribution in [0.3, 0.4) is 0 Å². The standard InChI is InChI=1S/C22H19ClN4O4S/c1-13-25-26-20(31-13)12-32-22-24-18(10-14-4-7-16(29-2)8-5-14)21(28)27(22)15-6-9-17(23)19(11-15)30-3/h4-11H,12H2,1-3H3/b18-10-. The summed E-state index contributed by atoms with van der Waals surface area (Å²) >= 11 is 7.49. The van der Waals surface area contributed by atoms with E-state index in [0.29, 0.717) is 44.9 Å². The lowest BCUT2D eigenvalue weighted by molar-refractivity contribution is -0.113. The molecule has 1 aliphatic rings. The second-order valence-electron chi connectivity index (χ2n) is 6.66. The lowest BCUT2D eigenvalue weighted by Gasteiger charge is -2.18. The number of hydrogen-bond donors (Lipinski definition) is 0. The highest BCUT2D eigenvalue weighted by Gasteiger charge is 2.32. The predicted molar refractivity (Wildman–Crippen MR) is 124 cm³/mol. The number of anilines is 1. The maximum atomic E-state index is 13.3. The Labute approximate surface area is 193 Å². The number of hydrogen-bond acceptors (Lipinski definition) is 8. The third-order valence-corrected chi connectivity index (χ3v) is 5.77. The monoisotopic (exact) mass is 470 g/mol. The Morgan fingerprint density at radius 3 is 2.56 bits per heavy atom. The van der Waals surface area contributed by atoms with Crippen LogP contribution in [0.5, 0.6) is 11.5 Å². The summed E-state index contributed by atoms with van der Waals surface area (Å²) in [6.07, 6.45) is 1.73. The number of carbonyl (C=O) groups is 1. The minimum absolute atomic E-state index is 0.269. The number of benzene rings is 2. The fourth-order valence-corrected chi connectivity index (χ4v) is 4.03. The lowest BCUT2D eigenvalue weighted by atomic mass is 10.2. The van der Waals surface area contributed by atoms with Gasteiger partial charge >= 0.3 is 0 Å². The molecule has 10 heteroatoms. The third kappa shape index (κ3) is 4.63. The number of amidine groups is 1. The van der Waals surface area contributed by atoms with Gasteiger partial charge in [0.05, 0.1) is 30.7 Å². The summed E-state index contributed by atoms with van der Waals surface area (Å²) in [4.78, 5) is 19.4. The molecule has 0 unspecified atom stereocenters. The van der Waals surface area contributed by atoms with Gasteiger partial charge in [0.2, 0.25) is 11.8 Å². The van der Waals surface area contributed by atoms with Crippen LogP contribution in [0.15, 0.2) is 57.6 Å². The van der Waals surface area contributed by atoms with Gasteiger partial charge in [-0.05, 0) is 35.9 Å². The number of nitrogens with zero attached hydrogens (tertiary/aromatic N) is 4. The summed E-state index contributed by atoms with van der Waals surface area (Å²) in [7, 11) is 3.12. The molecule has 0 radical (unpaired) electrons. The Kier molecular flexibility index (Phi) is 6.48. The van der Waals surface area contributed by atoms with Gasteiger partial charge in [0.15, 0.2) is 5.17 Å². The molecule has 0 fully saturated rings. The van der Waals surface area contributed by atoms with E-state index in [9.17, 15) is 4.79 Å². The van der Waals surface area contributed by atoms with Crippen LogP contribution in [-0.2, 0) is 10.5 Å². The van der Waals surface area contributed by atoms with Crippen LogP contribution in [0.25, 0.3) is 6.08 Å². The summed E-state index contributed by atoms with van der Waals surface area (Å²) < 4.78 is 15.9. The number of thioether (sulfide) groups is 1. The molecular weight excluding hydrogens is 452 g/mol. The van der Waals surface area contributed by atoms with E-state index in [1.54, 1.807) is 38.3 Å². The molecule has 32 heavy (non-hydrogen) atoms. The van der Waals surface area contributed by atoms with Crippen LogP contribution in [0.4, 0.5) is 5.69 Å². The van der Waals surface area contributed by atoms with Crippen LogP contribution >= 0.6 is 23.4 Å². The normalized spacial score (nSPS) is 14.8. The second-order valence-corrected chi connectivity index (χ2v) is 8.01. The quantitative estimate of drug-likeness (QED) is 0.481. The molecule has 1 aromatic heterocycles. The van der Waals surface area contributed by atoms with E-state index in [4.69, 9.17) is 25.5 Å². The summed E-state index contributed by atoms with van der Waals surface area (Å²) in [6.45, 7) is 1.72. The maximum Gasteiger partial charge on any atom is 0.283 e. The Bertz CT molecular complexity index is 1210. The van der Waals surface area contributed by atoms with Crippen molar-refractivity contribution in [3.05, 3.63) is 70.5 Å². The van der Waals surface area contributed by atoms with E-state index >= 15 is 0 Å². The number of aryl methyl sites for hydroxylation is 1. The van der Waals surface area contributed by atoms with Gasteiger partial charge in [-0.1, -0.05) is 35.5 Å². The zero-order valence-corrected chi connectivity index (χ0v) is 19.1. The van der Waals surface area contributed by atoms with Crippen molar-refractivity contribution in [2.75, 3.05) is 19.1 Å². The fourth-order valence-electron chi connectivity index (χ4n) is 2.99. The smallest absolute Gasteiger partial charge is 0.283 e. The Morgan fingerprint density at radius 2 is 1.91 bits per heavy atom. The maximum absolute atomic E-state index is 13.3. The van der Waals surface area contributed by atoms with Gasteiger partial charge in [0, 0.05) is 13.0 Å². The zero-order valence-electron chi connectivity index (χ0n) is 17.5. The Balaban J connectivity index is 1.68. The molecule has 2 aromatic carbocycles. The number of carbonyl (C=O) groups excluding carboxylic acids is 1. The van der Waals surface area contributed by atoms with E-state index in [1.807, 2.05) is 24.3 Å². The number of aliphatic imine (C=N–C) groups is 1. The molecule has 0 saturated carbocycles. The summed E-state index contributed by atoms with van der Waals surface area (Å²) in [5.74, 6) is 2.21. The van der Waals surface area contributed by atoms with E-state index in [1.165, 1.54) is 23.8 Å². The molecule has 4 rings (SSSR count). The average molecular weight is 471 g/mol. The van der Waals surface area contributed by atoms with Gasteiger partial charge in [-0.15, -0.1) is 10.2 Å². The van der Waals surface area contributed by atoms with Gasteiger partial charge < -0.3 is 13.9 Å². The number of aromatic nitrogens is 2. The first-order valence-corrected chi connectivity index (χ1v) is 10.9. The predicted octanol–water partition coefficient (Wildman–Crippen LogP) is 4.73. The van der Waals surface area contributed by atoms with Crippen molar-refractivity contribution in [1.82, 2.24) is 10.2 Å². The van der Waals surface area contributed by atoms with Crippen molar-refractivity contribution >= 4 is 46.2 Å². The molecule has 0 atom stereocenters. The number of rotatable bonds is 6. The van der Waals surface area contributed by atoms with Crippen molar-refractivity contribution in [3.63, 3.8) is 0 Å². The van der Waals surface area contributed by atoms with Crippen LogP contribution < -0.4 is 14.4 Å². The number of halogens is 1. The first-order valence-electron chi connectivity index (χ1n) is 9.52. The summed E-state index contributed by atoms with van der Waals surface area (Å²) in [6, 6.07) is 12.5. The molecule has 0 aliphatic carbocycles. The number of ether oxygens (including phenoxy) is 2. The molecule has 0 N–H and O–H groups in total. The molecule has 1 amide bonds. The van der Waals surface area contributed by atoms with Crippen LogP contribution in [0.2, 0.25) is 5.02 Å². The third-order valence-electron chi connectivity index (χ3n) is 4.53. The van der Waals surface area contributed by atoms with Crippen LogP contribution in [0.1, 0.15) is 17.3 Å². The summed E-state index contributed by atoms with van der Waals surface area (Å²) in [5, 5.41) is 8.77.